The summed E-state index contributed by atoms with van der Waals surface area (Å²) in [5.41, 5.74) is 4.26. The van der Waals surface area contributed by atoms with Gasteiger partial charge in [-0.1, -0.05) is 11.6 Å². The molecule has 11 heteroatoms. The lowest BCUT2D eigenvalue weighted by Crippen LogP contribution is -2.49. The summed E-state index contributed by atoms with van der Waals surface area (Å²) in [5, 5.41) is 14.5. The molecule has 1 aromatic heterocycles. The number of ketones is 1. The van der Waals surface area contributed by atoms with Crippen LogP contribution in [0.5, 0.6) is 11.5 Å². The van der Waals surface area contributed by atoms with Crippen molar-refractivity contribution in [3.8, 4) is 11.5 Å². The van der Waals surface area contributed by atoms with E-state index in [4.69, 9.17) is 21.1 Å². The molecular weight excluding hydrogens is 532 g/mol. The zero-order valence-electron chi connectivity index (χ0n) is 22.3. The van der Waals surface area contributed by atoms with Crippen LogP contribution in [0.25, 0.3) is 0 Å². The van der Waals surface area contributed by atoms with E-state index < -0.39 is 0 Å². The van der Waals surface area contributed by atoms with Gasteiger partial charge in [0.1, 0.15) is 5.75 Å². The lowest BCUT2D eigenvalue weighted by molar-refractivity contribution is 0.103. The van der Waals surface area contributed by atoms with Crippen molar-refractivity contribution in [3.05, 3.63) is 76.3 Å². The molecular formula is C29H29ClN6O4. The maximum atomic E-state index is 13.5. The topological polar surface area (TPSA) is 109 Å². The number of methoxy groups -OCH3 is 1. The third-order valence-corrected chi connectivity index (χ3v) is 7.99. The molecule has 3 aliphatic heterocycles. The largest absolute Gasteiger partial charge is 0.497 e. The second kappa shape index (κ2) is 10.3. The number of hydrogen-bond acceptors (Lipinski definition) is 8. The van der Waals surface area contributed by atoms with Gasteiger partial charge in [-0.05, 0) is 80.3 Å². The number of amides is 2. The van der Waals surface area contributed by atoms with Crippen LogP contribution in [0.3, 0.4) is 0 Å². The van der Waals surface area contributed by atoms with Gasteiger partial charge < -0.3 is 29.9 Å². The lowest BCUT2D eigenvalue weighted by atomic mass is 10.0. The molecule has 0 unspecified atom stereocenters. The summed E-state index contributed by atoms with van der Waals surface area (Å²) in [4.78, 5) is 30.5. The zero-order chi connectivity index (χ0) is 28.0. The van der Waals surface area contributed by atoms with Crippen molar-refractivity contribution in [2.24, 2.45) is 0 Å². The van der Waals surface area contributed by atoms with Gasteiger partial charge in [0.2, 0.25) is 0 Å². The minimum absolute atomic E-state index is 0.0441. The fraction of sp³-hybridized carbons (Fsp3) is 0.310. The molecule has 6 rings (SSSR count). The highest BCUT2D eigenvalue weighted by Crippen LogP contribution is 2.38. The third-order valence-electron chi connectivity index (χ3n) is 7.71. The minimum atomic E-state index is -0.263. The number of hydrogen-bond donors (Lipinski definition) is 2. The fourth-order valence-corrected chi connectivity index (χ4v) is 5.75. The highest BCUT2D eigenvalue weighted by molar-refractivity contribution is 6.33. The van der Waals surface area contributed by atoms with Crippen LogP contribution in [0.2, 0.25) is 5.15 Å². The Labute approximate surface area is 236 Å². The lowest BCUT2D eigenvalue weighted by Gasteiger charge is -2.38. The van der Waals surface area contributed by atoms with E-state index in [0.29, 0.717) is 42.6 Å². The van der Waals surface area contributed by atoms with Gasteiger partial charge >= 0.3 is 6.03 Å². The van der Waals surface area contributed by atoms with Crippen molar-refractivity contribution < 1.29 is 19.1 Å². The monoisotopic (exact) mass is 560 g/mol. The van der Waals surface area contributed by atoms with E-state index in [1.165, 1.54) is 0 Å². The number of nitrogens with zero attached hydrogens (tertiary/aromatic N) is 4. The Morgan fingerprint density at radius 1 is 1.12 bits per heavy atom. The van der Waals surface area contributed by atoms with E-state index in [1.807, 2.05) is 30.0 Å². The summed E-state index contributed by atoms with van der Waals surface area (Å²) in [6, 6.07) is 10.9. The molecule has 0 spiro atoms. The van der Waals surface area contributed by atoms with Crippen LogP contribution in [0, 0.1) is 6.92 Å². The van der Waals surface area contributed by atoms with E-state index in [0.717, 1.165) is 47.5 Å². The molecule has 4 heterocycles. The van der Waals surface area contributed by atoms with E-state index in [-0.39, 0.29) is 28.6 Å². The molecule has 0 aliphatic carbocycles. The fourth-order valence-electron chi connectivity index (χ4n) is 5.57. The van der Waals surface area contributed by atoms with Crippen molar-refractivity contribution in [3.63, 3.8) is 0 Å². The number of benzene rings is 2. The highest BCUT2D eigenvalue weighted by Gasteiger charge is 2.31. The average molecular weight is 561 g/mol. The summed E-state index contributed by atoms with van der Waals surface area (Å²) < 4.78 is 10.9. The predicted molar refractivity (Wildman–Crippen MR) is 153 cm³/mol. The van der Waals surface area contributed by atoms with Crippen LogP contribution in [-0.4, -0.2) is 59.7 Å². The Hall–Kier alpha value is -4.31. The van der Waals surface area contributed by atoms with Gasteiger partial charge in [0, 0.05) is 36.9 Å². The quantitative estimate of drug-likeness (QED) is 0.419. The van der Waals surface area contributed by atoms with Gasteiger partial charge in [0.25, 0.3) is 0 Å². The van der Waals surface area contributed by atoms with E-state index in [9.17, 15) is 9.59 Å². The summed E-state index contributed by atoms with van der Waals surface area (Å²) >= 11 is 6.34. The first-order valence-electron chi connectivity index (χ1n) is 13.2. The number of fused-ring (bicyclic) bond motifs is 2. The van der Waals surface area contributed by atoms with Crippen molar-refractivity contribution in [2.45, 2.75) is 32.2 Å². The van der Waals surface area contributed by atoms with Gasteiger partial charge in [-0.15, -0.1) is 10.2 Å². The Balaban J connectivity index is 1.15. The maximum Gasteiger partial charge on any atom is 0.322 e. The number of anilines is 3. The Kier molecular flexibility index (Phi) is 6.71. The summed E-state index contributed by atoms with van der Waals surface area (Å²) in [6.07, 6.45) is 2.27. The normalized spacial score (nSPS) is 16.9. The molecule has 0 radical (unpaired) electrons. The third kappa shape index (κ3) is 4.79. The van der Waals surface area contributed by atoms with Crippen molar-refractivity contribution in [1.29, 1.82) is 0 Å². The van der Waals surface area contributed by atoms with Gasteiger partial charge in [0.15, 0.2) is 28.4 Å². The van der Waals surface area contributed by atoms with Gasteiger partial charge in [-0.3, -0.25) is 4.79 Å². The number of carbonyl (C=O) groups is 2. The van der Waals surface area contributed by atoms with Gasteiger partial charge in [-0.2, -0.15) is 0 Å². The highest BCUT2D eigenvalue weighted by atomic mass is 35.5. The van der Waals surface area contributed by atoms with Crippen LogP contribution in [0.4, 0.5) is 22.0 Å². The smallest absolute Gasteiger partial charge is 0.322 e. The van der Waals surface area contributed by atoms with Gasteiger partial charge in [0.05, 0.1) is 18.4 Å². The molecule has 2 N–H and O–H groups in total. The van der Waals surface area contributed by atoms with E-state index in [1.54, 1.807) is 25.3 Å². The van der Waals surface area contributed by atoms with Crippen LogP contribution in [0.1, 0.15) is 39.9 Å². The molecule has 10 nitrogen and oxygen atoms in total. The first-order chi connectivity index (χ1) is 19.3. The number of nitrogens with one attached hydrogen (secondary N) is 2. The second-order valence-corrected chi connectivity index (χ2v) is 10.5. The number of aryl methyl sites for hydroxylation is 1. The molecule has 206 valence electrons. The van der Waals surface area contributed by atoms with Crippen molar-refractivity contribution in [1.82, 2.24) is 15.1 Å². The number of carbonyl (C=O) groups excluding carboxylic acids is 2. The number of urea groups is 1. The van der Waals surface area contributed by atoms with Crippen molar-refractivity contribution >= 4 is 40.6 Å². The molecule has 2 aromatic carbocycles. The maximum absolute atomic E-state index is 13.5. The molecule has 3 aliphatic rings. The number of aromatic nitrogens is 2. The SMILES string of the molecule is C=C1Nc2c(C)cc(C(=O)c3cc(N4CCC(N5CCc6cc(OC)ccc6NC5=O)CC4)nnc3Cl)cc2O1. The minimum Gasteiger partial charge on any atom is -0.497 e. The van der Waals surface area contributed by atoms with E-state index in [2.05, 4.69) is 32.3 Å². The summed E-state index contributed by atoms with van der Waals surface area (Å²) in [7, 11) is 1.64. The van der Waals surface area contributed by atoms with Crippen LogP contribution < -0.4 is 25.0 Å². The number of piperidine rings is 1. The van der Waals surface area contributed by atoms with Crippen LogP contribution in [-0.2, 0) is 6.42 Å². The Morgan fingerprint density at radius 2 is 1.93 bits per heavy atom. The van der Waals surface area contributed by atoms with Crippen LogP contribution in [0.15, 0.2) is 48.9 Å². The molecule has 40 heavy (non-hydrogen) atoms. The molecule has 0 atom stereocenters. The van der Waals surface area contributed by atoms with E-state index >= 15 is 0 Å². The molecule has 1 saturated heterocycles. The summed E-state index contributed by atoms with van der Waals surface area (Å²) in [5.74, 6) is 2.06. The summed E-state index contributed by atoms with van der Waals surface area (Å²) in [6.45, 7) is 7.64. The zero-order valence-corrected chi connectivity index (χ0v) is 23.0. The van der Waals surface area contributed by atoms with Gasteiger partial charge in [-0.25, -0.2) is 4.79 Å². The Bertz CT molecular complexity index is 1540. The number of rotatable bonds is 5. The molecule has 3 aromatic rings. The second-order valence-electron chi connectivity index (χ2n) is 10.2. The molecule has 2 amide bonds. The molecule has 1 fully saturated rings. The number of halogens is 1. The predicted octanol–water partition coefficient (Wildman–Crippen LogP) is 5.01. The first kappa shape index (κ1) is 25.9. The standard InChI is InChI=1S/C29H29ClN6O4/c1-16-12-19(14-24-26(16)31-17(2)40-24)27(37)22-15-25(33-34-28(22)30)35-9-7-20(8-10-35)36-11-6-18-13-21(39-3)4-5-23(18)32-29(36)38/h4-5,12-15,20,31H,2,6-11H2,1,3H3,(H,32,38). The average Bonchev–Trinajstić information content (AvgIpc) is 3.26. The first-order valence-corrected chi connectivity index (χ1v) is 13.5. The molecule has 0 saturated carbocycles. The Morgan fingerprint density at radius 3 is 2.70 bits per heavy atom. The number of ether oxygens (including phenoxy) is 2. The van der Waals surface area contributed by atoms with Crippen molar-refractivity contribution in [2.75, 3.05) is 42.3 Å². The molecule has 0 bridgehead atoms. The van der Waals surface area contributed by atoms with Crippen LogP contribution >= 0.6 is 11.6 Å².